The average Bonchev–Trinajstić information content (AvgIpc) is 1.82. The van der Waals surface area contributed by atoms with Crippen molar-refractivity contribution >= 4 is 5.97 Å². The first kappa shape index (κ1) is 7.69. The van der Waals surface area contributed by atoms with Crippen LogP contribution in [-0.2, 0) is 4.79 Å². The summed E-state index contributed by atoms with van der Waals surface area (Å²) in [6.45, 7) is 6.63. The Labute approximate surface area is 53.8 Å². The summed E-state index contributed by atoms with van der Waals surface area (Å²) in [5.74, 6) is -1.01. The molecular weight excluding hydrogens is 116 g/mol. The van der Waals surface area contributed by atoms with E-state index in [-0.39, 0.29) is 5.57 Å². The summed E-state index contributed by atoms with van der Waals surface area (Å²) in [7, 11) is 0. The molecule has 0 rings (SSSR count). The number of carboxylic acid groups (broad SMARTS) is 1. The molecule has 0 radical (unpaired) electrons. The van der Waals surface area contributed by atoms with Gasteiger partial charge in [0.05, 0.1) is 5.57 Å². The van der Waals surface area contributed by atoms with Crippen LogP contribution in [0.1, 0.15) is 0 Å². The van der Waals surface area contributed by atoms with Crippen molar-refractivity contribution in [3.8, 4) is 0 Å². The van der Waals surface area contributed by atoms with E-state index in [2.05, 4.69) is 13.2 Å². The molecule has 0 aliphatic heterocycles. The minimum Gasteiger partial charge on any atom is -0.478 e. The predicted octanol–water partition coefficient (Wildman–Crippen LogP) is 1.37. The van der Waals surface area contributed by atoms with Gasteiger partial charge in [0.2, 0.25) is 0 Å². The van der Waals surface area contributed by atoms with E-state index in [0.717, 1.165) is 0 Å². The lowest BCUT2D eigenvalue weighted by molar-refractivity contribution is -0.132. The molecule has 9 heavy (non-hydrogen) atoms. The number of hydrogen-bond acceptors (Lipinski definition) is 1. The molecule has 0 aromatic rings. The van der Waals surface area contributed by atoms with Crippen LogP contribution in [0.5, 0.6) is 0 Å². The highest BCUT2D eigenvalue weighted by molar-refractivity contribution is 5.88. The van der Waals surface area contributed by atoms with Gasteiger partial charge in [0, 0.05) is 0 Å². The van der Waals surface area contributed by atoms with Crippen molar-refractivity contribution in [2.24, 2.45) is 0 Å². The van der Waals surface area contributed by atoms with Gasteiger partial charge in [-0.1, -0.05) is 25.3 Å². The lowest BCUT2D eigenvalue weighted by Crippen LogP contribution is -1.94. The van der Waals surface area contributed by atoms with E-state index in [0.29, 0.717) is 0 Å². The fourth-order valence-electron chi connectivity index (χ4n) is 0.255. The quantitative estimate of drug-likeness (QED) is 0.455. The van der Waals surface area contributed by atoms with Gasteiger partial charge in [0.15, 0.2) is 0 Å². The molecule has 0 saturated heterocycles. The van der Waals surface area contributed by atoms with E-state index >= 15 is 0 Å². The van der Waals surface area contributed by atoms with Gasteiger partial charge < -0.3 is 5.11 Å². The minimum atomic E-state index is -1.01. The molecule has 0 fully saturated rings. The van der Waals surface area contributed by atoms with E-state index in [1.165, 1.54) is 18.2 Å². The normalized spacial score (nSPS) is 9.33. The van der Waals surface area contributed by atoms with Crippen LogP contribution in [0, 0.1) is 0 Å². The first-order valence-corrected chi connectivity index (χ1v) is 2.39. The van der Waals surface area contributed by atoms with Crippen molar-refractivity contribution in [2.75, 3.05) is 0 Å². The maximum absolute atomic E-state index is 10.0. The van der Waals surface area contributed by atoms with Crippen molar-refractivity contribution in [2.45, 2.75) is 0 Å². The van der Waals surface area contributed by atoms with Gasteiger partial charge in [-0.3, -0.25) is 0 Å². The first-order chi connectivity index (χ1) is 4.18. The molecule has 0 saturated carbocycles. The summed E-state index contributed by atoms with van der Waals surface area (Å²) in [5, 5.41) is 8.22. The van der Waals surface area contributed by atoms with Crippen LogP contribution >= 0.6 is 0 Å². The van der Waals surface area contributed by atoms with E-state index in [9.17, 15) is 4.79 Å². The second-order valence-corrected chi connectivity index (χ2v) is 1.43. The smallest absolute Gasteiger partial charge is 0.335 e. The van der Waals surface area contributed by atoms with Gasteiger partial charge in [0.25, 0.3) is 0 Å². The number of carbonyl (C=O) groups is 1. The third kappa shape index (κ3) is 3.29. The molecule has 0 atom stereocenters. The van der Waals surface area contributed by atoms with Crippen LogP contribution in [0.2, 0.25) is 0 Å². The molecule has 0 aliphatic rings. The molecule has 0 bridgehead atoms. The standard InChI is InChI=1S/C7H8O2/c1-3-4-5-6(2)7(8)9/h3-5H,1-2H2,(H,8,9)/b5-4-. The lowest BCUT2D eigenvalue weighted by atomic mass is 10.3. The molecule has 1 N–H and O–H groups in total. The summed E-state index contributed by atoms with van der Waals surface area (Å²) < 4.78 is 0. The predicted molar refractivity (Wildman–Crippen MR) is 36.1 cm³/mol. The molecule has 0 aromatic carbocycles. The van der Waals surface area contributed by atoms with Crippen molar-refractivity contribution in [1.29, 1.82) is 0 Å². The Kier molecular flexibility index (Phi) is 3.13. The molecule has 2 heteroatoms. The highest BCUT2D eigenvalue weighted by atomic mass is 16.4. The Balaban J connectivity index is 3.92. The average molecular weight is 124 g/mol. The van der Waals surface area contributed by atoms with E-state index < -0.39 is 5.97 Å². The molecule has 2 nitrogen and oxygen atoms in total. The highest BCUT2D eigenvalue weighted by Gasteiger charge is 1.95. The van der Waals surface area contributed by atoms with Crippen molar-refractivity contribution < 1.29 is 9.90 Å². The van der Waals surface area contributed by atoms with Crippen LogP contribution in [-0.4, -0.2) is 11.1 Å². The zero-order valence-corrected chi connectivity index (χ0v) is 5.00. The third-order valence-electron chi connectivity index (χ3n) is 0.708. The van der Waals surface area contributed by atoms with Gasteiger partial charge in [-0.05, 0) is 6.08 Å². The zero-order valence-electron chi connectivity index (χ0n) is 5.00. The van der Waals surface area contributed by atoms with Gasteiger partial charge in [0.1, 0.15) is 0 Å². The number of hydrogen-bond donors (Lipinski definition) is 1. The molecule has 0 unspecified atom stereocenters. The Hall–Kier alpha value is -1.31. The highest BCUT2D eigenvalue weighted by Crippen LogP contribution is 1.91. The maximum atomic E-state index is 10.0. The SMILES string of the molecule is C=C/C=C\C(=C)C(=O)O. The monoisotopic (exact) mass is 124 g/mol. The van der Waals surface area contributed by atoms with Crippen molar-refractivity contribution in [3.63, 3.8) is 0 Å². The van der Waals surface area contributed by atoms with Crippen LogP contribution in [0.15, 0.2) is 37.0 Å². The molecule has 0 aliphatic carbocycles. The fraction of sp³-hybridized carbons (Fsp3) is 0. The fourth-order valence-corrected chi connectivity index (χ4v) is 0.255. The molecular formula is C7H8O2. The lowest BCUT2D eigenvalue weighted by Gasteiger charge is -1.85. The molecule has 0 amide bonds. The second kappa shape index (κ2) is 3.66. The molecule has 0 spiro atoms. The first-order valence-electron chi connectivity index (χ1n) is 2.39. The summed E-state index contributed by atoms with van der Waals surface area (Å²) in [5.41, 5.74) is 0.0647. The van der Waals surface area contributed by atoms with Gasteiger partial charge >= 0.3 is 5.97 Å². The second-order valence-electron chi connectivity index (χ2n) is 1.43. The third-order valence-corrected chi connectivity index (χ3v) is 0.708. The van der Waals surface area contributed by atoms with Crippen LogP contribution in [0.4, 0.5) is 0 Å². The van der Waals surface area contributed by atoms with Crippen LogP contribution < -0.4 is 0 Å². The number of carboxylic acids is 1. The van der Waals surface area contributed by atoms with Crippen LogP contribution in [0.25, 0.3) is 0 Å². The molecule has 48 valence electrons. The van der Waals surface area contributed by atoms with Crippen molar-refractivity contribution in [3.05, 3.63) is 37.0 Å². The summed E-state index contributed by atoms with van der Waals surface area (Å²) >= 11 is 0. The van der Waals surface area contributed by atoms with Gasteiger partial charge in [-0.2, -0.15) is 0 Å². The Morgan fingerprint density at radius 3 is 2.44 bits per heavy atom. The van der Waals surface area contributed by atoms with Crippen molar-refractivity contribution in [1.82, 2.24) is 0 Å². The number of rotatable bonds is 3. The largest absolute Gasteiger partial charge is 0.478 e. The summed E-state index contributed by atoms with van der Waals surface area (Å²) in [6.07, 6.45) is 4.40. The Bertz CT molecular complexity index is 166. The van der Waals surface area contributed by atoms with Gasteiger partial charge in [-0.15, -0.1) is 0 Å². The Morgan fingerprint density at radius 1 is 1.56 bits per heavy atom. The number of allylic oxidation sites excluding steroid dienone is 2. The van der Waals surface area contributed by atoms with Crippen LogP contribution in [0.3, 0.4) is 0 Å². The zero-order chi connectivity index (χ0) is 7.28. The summed E-state index contributed by atoms with van der Waals surface area (Å²) in [6, 6.07) is 0. The topological polar surface area (TPSA) is 37.3 Å². The van der Waals surface area contributed by atoms with Gasteiger partial charge in [-0.25, -0.2) is 4.79 Å². The Morgan fingerprint density at radius 2 is 2.11 bits per heavy atom. The maximum Gasteiger partial charge on any atom is 0.335 e. The van der Waals surface area contributed by atoms with E-state index in [1.807, 2.05) is 0 Å². The summed E-state index contributed by atoms with van der Waals surface area (Å²) in [4.78, 5) is 10.0. The van der Waals surface area contributed by atoms with E-state index in [1.54, 1.807) is 0 Å². The van der Waals surface area contributed by atoms with E-state index in [4.69, 9.17) is 5.11 Å². The molecule has 0 heterocycles. The minimum absolute atomic E-state index is 0.0647. The number of aliphatic carboxylic acids is 1. The molecule has 0 aromatic heterocycles.